The van der Waals surface area contributed by atoms with Gasteiger partial charge in [-0.1, -0.05) is 13.8 Å². The Kier molecular flexibility index (Phi) is 9.13. The number of ether oxygens (including phenoxy) is 1. The molecule has 1 rings (SSSR count). The van der Waals surface area contributed by atoms with E-state index in [2.05, 4.69) is 36.4 Å². The van der Waals surface area contributed by atoms with Crippen LogP contribution in [0, 0.1) is 0 Å². The van der Waals surface area contributed by atoms with Gasteiger partial charge in [-0.05, 0) is 39.9 Å². The number of hydrogen-bond acceptors (Lipinski definition) is 6. The second-order valence-electron chi connectivity index (χ2n) is 6.60. The van der Waals surface area contributed by atoms with Crippen molar-refractivity contribution in [2.24, 2.45) is 0 Å². The van der Waals surface area contributed by atoms with E-state index in [1.165, 1.54) is 6.42 Å². The van der Waals surface area contributed by atoms with Gasteiger partial charge in [0.25, 0.3) is 0 Å². The summed E-state index contributed by atoms with van der Waals surface area (Å²) in [4.78, 5) is 27.5. The predicted octanol–water partition coefficient (Wildman–Crippen LogP) is 0.653. The van der Waals surface area contributed by atoms with Gasteiger partial charge in [0.05, 0.1) is 13.2 Å². The lowest BCUT2D eigenvalue weighted by molar-refractivity contribution is -0.121. The third-order valence-corrected chi connectivity index (χ3v) is 4.06. The zero-order valence-electron chi connectivity index (χ0n) is 14.9. The number of likely N-dealkylation sites (tertiary alicyclic amines) is 1. The number of carbonyl (C=O) groups excluding carboxylic acids is 2. The molecule has 1 aliphatic rings. The molecule has 0 spiro atoms. The van der Waals surface area contributed by atoms with Crippen molar-refractivity contribution in [1.82, 2.24) is 20.4 Å². The highest BCUT2D eigenvalue weighted by atomic mass is 16.5. The minimum Gasteiger partial charge on any atom is -0.449 e. The second kappa shape index (κ2) is 10.6. The van der Waals surface area contributed by atoms with Crippen LogP contribution in [-0.2, 0) is 9.53 Å². The zero-order chi connectivity index (χ0) is 17.2. The van der Waals surface area contributed by atoms with Gasteiger partial charge in [0.1, 0.15) is 0 Å². The molecule has 2 amide bonds. The van der Waals surface area contributed by atoms with E-state index in [4.69, 9.17) is 4.74 Å². The lowest BCUT2D eigenvalue weighted by Gasteiger charge is -2.19. The van der Waals surface area contributed by atoms with Crippen molar-refractivity contribution in [2.75, 3.05) is 46.9 Å². The molecule has 1 saturated heterocycles. The van der Waals surface area contributed by atoms with Crippen molar-refractivity contribution in [3.63, 3.8) is 0 Å². The Labute approximate surface area is 139 Å². The Balaban J connectivity index is 2.09. The maximum absolute atomic E-state index is 11.8. The number of nitrogens with zero attached hydrogens (tertiary/aromatic N) is 2. The summed E-state index contributed by atoms with van der Waals surface area (Å²) in [6.07, 6.45) is 2.52. The first-order chi connectivity index (χ1) is 10.9. The second-order valence-corrected chi connectivity index (χ2v) is 6.60. The van der Waals surface area contributed by atoms with Crippen LogP contribution < -0.4 is 10.6 Å². The Morgan fingerprint density at radius 1 is 1.39 bits per heavy atom. The topological polar surface area (TPSA) is 73.9 Å². The molecule has 7 heteroatoms. The number of alkyl carbamates (subject to hydrolysis) is 1. The van der Waals surface area contributed by atoms with Crippen molar-refractivity contribution in [2.45, 2.75) is 45.2 Å². The monoisotopic (exact) mass is 328 g/mol. The SMILES string of the molecule is CC(C)NCCN(C)CC(=O)NC(=O)OCC[C@@H]1CCCN1C. The smallest absolute Gasteiger partial charge is 0.413 e. The van der Waals surface area contributed by atoms with Gasteiger partial charge in [-0.2, -0.15) is 0 Å². The van der Waals surface area contributed by atoms with E-state index in [-0.39, 0.29) is 12.5 Å². The summed E-state index contributed by atoms with van der Waals surface area (Å²) in [7, 11) is 3.94. The standard InChI is InChI=1S/C16H32N4O3/c1-13(2)17-8-10-19(3)12-15(21)18-16(22)23-11-7-14-6-5-9-20(14)4/h13-14,17H,5-12H2,1-4H3,(H,18,21,22)/t14-/m0/s1. The van der Waals surface area contributed by atoms with Crippen LogP contribution in [0.15, 0.2) is 0 Å². The first kappa shape index (κ1) is 19.9. The number of amides is 2. The molecule has 1 aliphatic heterocycles. The first-order valence-corrected chi connectivity index (χ1v) is 8.47. The summed E-state index contributed by atoms with van der Waals surface area (Å²) in [5.41, 5.74) is 0. The van der Waals surface area contributed by atoms with Crippen molar-refractivity contribution in [1.29, 1.82) is 0 Å². The van der Waals surface area contributed by atoms with Crippen LogP contribution in [0.5, 0.6) is 0 Å². The van der Waals surface area contributed by atoms with Crippen LogP contribution in [0.3, 0.4) is 0 Å². The average Bonchev–Trinajstić information content (AvgIpc) is 2.83. The molecule has 0 aromatic rings. The maximum atomic E-state index is 11.8. The molecular weight excluding hydrogens is 296 g/mol. The van der Waals surface area contributed by atoms with E-state index in [1.54, 1.807) is 0 Å². The van der Waals surface area contributed by atoms with E-state index in [0.717, 1.165) is 32.5 Å². The molecule has 1 heterocycles. The number of carbonyl (C=O) groups is 2. The van der Waals surface area contributed by atoms with Crippen LogP contribution >= 0.6 is 0 Å². The average molecular weight is 328 g/mol. The van der Waals surface area contributed by atoms with Crippen molar-refractivity contribution >= 4 is 12.0 Å². The number of nitrogens with one attached hydrogen (secondary N) is 2. The lowest BCUT2D eigenvalue weighted by atomic mass is 10.2. The van der Waals surface area contributed by atoms with Gasteiger partial charge in [0.15, 0.2) is 0 Å². The van der Waals surface area contributed by atoms with Crippen LogP contribution in [0.2, 0.25) is 0 Å². The largest absolute Gasteiger partial charge is 0.449 e. The van der Waals surface area contributed by atoms with Gasteiger partial charge in [0, 0.05) is 25.2 Å². The van der Waals surface area contributed by atoms with E-state index < -0.39 is 6.09 Å². The van der Waals surface area contributed by atoms with Gasteiger partial charge in [-0.25, -0.2) is 4.79 Å². The van der Waals surface area contributed by atoms with Crippen LogP contribution in [-0.4, -0.2) is 80.8 Å². The van der Waals surface area contributed by atoms with Crippen LogP contribution in [0.25, 0.3) is 0 Å². The predicted molar refractivity (Wildman–Crippen MR) is 90.4 cm³/mol. The first-order valence-electron chi connectivity index (χ1n) is 8.47. The molecule has 0 unspecified atom stereocenters. The molecule has 1 fully saturated rings. The molecular formula is C16H32N4O3. The lowest BCUT2D eigenvalue weighted by Crippen LogP contribution is -2.41. The third kappa shape index (κ3) is 8.88. The van der Waals surface area contributed by atoms with E-state index in [9.17, 15) is 9.59 Å². The summed E-state index contributed by atoms with van der Waals surface area (Å²) in [6, 6.07) is 0.907. The zero-order valence-corrected chi connectivity index (χ0v) is 14.9. The highest BCUT2D eigenvalue weighted by Gasteiger charge is 2.21. The highest BCUT2D eigenvalue weighted by Crippen LogP contribution is 2.17. The summed E-state index contributed by atoms with van der Waals surface area (Å²) >= 11 is 0. The normalized spacial score (nSPS) is 18.6. The van der Waals surface area contributed by atoms with Gasteiger partial charge < -0.3 is 15.0 Å². The van der Waals surface area contributed by atoms with Gasteiger partial charge >= 0.3 is 6.09 Å². The van der Waals surface area contributed by atoms with Crippen molar-refractivity contribution in [3.05, 3.63) is 0 Å². The number of likely N-dealkylation sites (N-methyl/N-ethyl adjacent to an activating group) is 1. The Hall–Kier alpha value is -1.18. The van der Waals surface area contributed by atoms with E-state index in [1.807, 2.05) is 11.9 Å². The molecule has 134 valence electrons. The summed E-state index contributed by atoms with van der Waals surface area (Å²) < 4.78 is 5.09. The third-order valence-electron chi connectivity index (χ3n) is 4.06. The number of imide groups is 1. The molecule has 2 N–H and O–H groups in total. The fourth-order valence-electron chi connectivity index (χ4n) is 2.69. The molecule has 7 nitrogen and oxygen atoms in total. The van der Waals surface area contributed by atoms with E-state index >= 15 is 0 Å². The molecule has 0 aromatic carbocycles. The molecule has 0 saturated carbocycles. The Morgan fingerprint density at radius 3 is 2.74 bits per heavy atom. The molecule has 0 radical (unpaired) electrons. The molecule has 1 atom stereocenters. The van der Waals surface area contributed by atoms with Crippen LogP contribution in [0.1, 0.15) is 33.1 Å². The minimum atomic E-state index is -0.649. The number of rotatable bonds is 9. The molecule has 0 aromatic heterocycles. The fraction of sp³-hybridized carbons (Fsp3) is 0.875. The molecule has 0 bridgehead atoms. The summed E-state index contributed by atoms with van der Waals surface area (Å²) in [5, 5.41) is 5.55. The van der Waals surface area contributed by atoms with Gasteiger partial charge in [-0.15, -0.1) is 0 Å². The van der Waals surface area contributed by atoms with Crippen molar-refractivity contribution < 1.29 is 14.3 Å². The quantitative estimate of drug-likeness (QED) is 0.647. The number of hydrogen-bond donors (Lipinski definition) is 2. The Morgan fingerprint density at radius 2 is 2.13 bits per heavy atom. The van der Waals surface area contributed by atoms with Crippen LogP contribution in [0.4, 0.5) is 4.79 Å². The molecule has 23 heavy (non-hydrogen) atoms. The van der Waals surface area contributed by atoms with Gasteiger partial charge in [0.2, 0.25) is 5.91 Å². The summed E-state index contributed by atoms with van der Waals surface area (Å²) in [6.45, 7) is 7.34. The highest BCUT2D eigenvalue weighted by molar-refractivity contribution is 5.92. The summed E-state index contributed by atoms with van der Waals surface area (Å²) in [5.74, 6) is -0.333. The fourth-order valence-corrected chi connectivity index (χ4v) is 2.69. The Bertz CT molecular complexity index is 376. The van der Waals surface area contributed by atoms with Gasteiger partial charge in [-0.3, -0.25) is 15.0 Å². The van der Waals surface area contributed by atoms with Crippen molar-refractivity contribution in [3.8, 4) is 0 Å². The maximum Gasteiger partial charge on any atom is 0.413 e. The minimum absolute atomic E-state index is 0.181. The molecule has 0 aliphatic carbocycles. The van der Waals surface area contributed by atoms with E-state index in [0.29, 0.717) is 18.7 Å².